The van der Waals surface area contributed by atoms with E-state index in [0.717, 1.165) is 19.6 Å². The highest BCUT2D eigenvalue weighted by molar-refractivity contribution is 5.79. The van der Waals surface area contributed by atoms with Crippen LogP contribution in [0.3, 0.4) is 0 Å². The number of carbonyl (C=O) groups excluding carboxylic acids is 2. The molecular weight excluding hydrogens is 246 g/mol. The first-order chi connectivity index (χ1) is 9.08. The van der Waals surface area contributed by atoms with Crippen LogP contribution in [0.2, 0.25) is 0 Å². The molecule has 0 rings (SSSR count). The number of nitrogens with zero attached hydrogens (tertiary/aromatic N) is 1. The van der Waals surface area contributed by atoms with E-state index in [1.54, 1.807) is 13.8 Å². The van der Waals surface area contributed by atoms with E-state index >= 15 is 0 Å². The molecule has 19 heavy (non-hydrogen) atoms. The Morgan fingerprint density at radius 3 is 2.05 bits per heavy atom. The zero-order valence-corrected chi connectivity index (χ0v) is 12.6. The van der Waals surface area contributed by atoms with Gasteiger partial charge in [0.15, 0.2) is 0 Å². The maximum Gasteiger partial charge on any atom is 0.309 e. The summed E-state index contributed by atoms with van der Waals surface area (Å²) in [6.07, 6.45) is 0.729. The number of rotatable bonds is 10. The highest BCUT2D eigenvalue weighted by atomic mass is 16.5. The van der Waals surface area contributed by atoms with Gasteiger partial charge in [-0.2, -0.15) is 0 Å². The fourth-order valence-corrected chi connectivity index (χ4v) is 1.86. The molecule has 0 aliphatic rings. The third kappa shape index (κ3) is 7.82. The predicted molar refractivity (Wildman–Crippen MR) is 73.8 cm³/mol. The van der Waals surface area contributed by atoms with Crippen LogP contribution in [0.25, 0.3) is 0 Å². The second-order valence-electron chi connectivity index (χ2n) is 4.27. The van der Waals surface area contributed by atoms with Gasteiger partial charge in [0.05, 0.1) is 25.6 Å². The molecule has 1 atom stereocenters. The average molecular weight is 273 g/mol. The lowest BCUT2D eigenvalue weighted by Gasteiger charge is -2.21. The van der Waals surface area contributed by atoms with Crippen LogP contribution in [0.5, 0.6) is 0 Å². The number of esters is 2. The topological polar surface area (TPSA) is 55.8 Å². The lowest BCUT2D eigenvalue weighted by Crippen LogP contribution is -2.30. The summed E-state index contributed by atoms with van der Waals surface area (Å²) in [5.74, 6) is -1.04. The lowest BCUT2D eigenvalue weighted by atomic mass is 10.0. The molecule has 5 nitrogen and oxygen atoms in total. The van der Waals surface area contributed by atoms with Crippen molar-refractivity contribution >= 4 is 11.9 Å². The predicted octanol–water partition coefficient (Wildman–Crippen LogP) is 1.85. The molecule has 0 bridgehead atoms. The van der Waals surface area contributed by atoms with Gasteiger partial charge < -0.3 is 14.4 Å². The Morgan fingerprint density at radius 1 is 1.00 bits per heavy atom. The second kappa shape index (κ2) is 10.8. The maximum atomic E-state index is 11.8. The van der Waals surface area contributed by atoms with E-state index in [4.69, 9.17) is 9.47 Å². The van der Waals surface area contributed by atoms with Crippen molar-refractivity contribution in [2.45, 2.75) is 40.5 Å². The van der Waals surface area contributed by atoms with Crippen molar-refractivity contribution in [3.63, 3.8) is 0 Å². The highest BCUT2D eigenvalue weighted by Crippen LogP contribution is 2.13. The highest BCUT2D eigenvalue weighted by Gasteiger charge is 2.24. The van der Waals surface area contributed by atoms with Gasteiger partial charge in [0.25, 0.3) is 0 Å². The van der Waals surface area contributed by atoms with Crippen LogP contribution in [0.4, 0.5) is 0 Å². The fraction of sp³-hybridized carbons (Fsp3) is 0.857. The molecule has 0 aromatic heterocycles. The van der Waals surface area contributed by atoms with Crippen LogP contribution in [0.1, 0.15) is 40.5 Å². The number of hydrogen-bond donors (Lipinski definition) is 0. The van der Waals surface area contributed by atoms with Crippen molar-refractivity contribution in [2.75, 3.05) is 32.8 Å². The number of ether oxygens (including phenoxy) is 2. The third-order valence-electron chi connectivity index (χ3n) is 3.03. The Hall–Kier alpha value is -1.10. The molecule has 112 valence electrons. The molecule has 0 saturated carbocycles. The summed E-state index contributed by atoms with van der Waals surface area (Å²) in [6.45, 7) is 11.0. The van der Waals surface area contributed by atoms with Gasteiger partial charge in [-0.25, -0.2) is 0 Å². The minimum atomic E-state index is -0.403. The Morgan fingerprint density at radius 2 is 1.58 bits per heavy atom. The van der Waals surface area contributed by atoms with Crippen molar-refractivity contribution in [1.82, 2.24) is 4.90 Å². The van der Waals surface area contributed by atoms with Gasteiger partial charge in [0.1, 0.15) is 0 Å². The molecular formula is C14H27NO4. The quantitative estimate of drug-likeness (QED) is 0.569. The van der Waals surface area contributed by atoms with Gasteiger partial charge in [-0.1, -0.05) is 13.8 Å². The Kier molecular flexibility index (Phi) is 10.2. The molecule has 1 unspecified atom stereocenters. The first-order valence-corrected chi connectivity index (χ1v) is 7.13. The minimum absolute atomic E-state index is 0.105. The smallest absolute Gasteiger partial charge is 0.309 e. The van der Waals surface area contributed by atoms with Crippen molar-refractivity contribution in [1.29, 1.82) is 0 Å². The molecule has 0 aliphatic heterocycles. The summed E-state index contributed by atoms with van der Waals surface area (Å²) in [4.78, 5) is 25.5. The zero-order chi connectivity index (χ0) is 14.7. The maximum absolute atomic E-state index is 11.8. The largest absolute Gasteiger partial charge is 0.466 e. The number of carbonyl (C=O) groups is 2. The van der Waals surface area contributed by atoms with E-state index in [2.05, 4.69) is 18.7 Å². The third-order valence-corrected chi connectivity index (χ3v) is 3.03. The molecule has 0 aromatic rings. The van der Waals surface area contributed by atoms with E-state index in [-0.39, 0.29) is 18.4 Å². The van der Waals surface area contributed by atoms with Gasteiger partial charge in [-0.15, -0.1) is 0 Å². The van der Waals surface area contributed by atoms with Crippen molar-refractivity contribution in [2.24, 2.45) is 5.92 Å². The first-order valence-electron chi connectivity index (χ1n) is 7.13. The Balaban J connectivity index is 4.40. The van der Waals surface area contributed by atoms with Crippen molar-refractivity contribution < 1.29 is 19.1 Å². The van der Waals surface area contributed by atoms with Crippen LogP contribution >= 0.6 is 0 Å². The Labute approximate surface area is 116 Å². The average Bonchev–Trinajstić information content (AvgIpc) is 2.39. The second-order valence-corrected chi connectivity index (χ2v) is 4.27. The van der Waals surface area contributed by atoms with E-state index in [9.17, 15) is 9.59 Å². The summed E-state index contributed by atoms with van der Waals surface area (Å²) < 4.78 is 9.92. The molecule has 0 amide bonds. The molecule has 0 heterocycles. The Bertz CT molecular complexity index is 264. The van der Waals surface area contributed by atoms with Crippen LogP contribution in [-0.4, -0.2) is 49.7 Å². The SMILES string of the molecule is CCOC(=O)CC(CCN(CC)CC)C(=O)OCC. The lowest BCUT2D eigenvalue weighted by molar-refractivity contribution is -0.155. The molecule has 0 radical (unpaired) electrons. The van der Waals surface area contributed by atoms with Gasteiger partial charge in [0.2, 0.25) is 0 Å². The normalized spacial score (nSPS) is 12.3. The van der Waals surface area contributed by atoms with E-state index < -0.39 is 5.92 Å². The van der Waals surface area contributed by atoms with Crippen molar-refractivity contribution in [3.05, 3.63) is 0 Å². The summed E-state index contributed by atoms with van der Waals surface area (Å²) in [7, 11) is 0. The van der Waals surface area contributed by atoms with Crippen LogP contribution in [-0.2, 0) is 19.1 Å². The minimum Gasteiger partial charge on any atom is -0.466 e. The van der Waals surface area contributed by atoms with Gasteiger partial charge in [0, 0.05) is 0 Å². The van der Waals surface area contributed by atoms with Crippen LogP contribution in [0.15, 0.2) is 0 Å². The standard InChI is InChI=1S/C14H27NO4/c1-5-15(6-2)10-9-12(14(17)19-8-4)11-13(16)18-7-3/h12H,5-11H2,1-4H3. The molecule has 0 saturated heterocycles. The monoisotopic (exact) mass is 273 g/mol. The molecule has 0 aliphatic carbocycles. The zero-order valence-electron chi connectivity index (χ0n) is 12.6. The summed E-state index contributed by atoms with van der Waals surface area (Å²) in [6, 6.07) is 0. The molecule has 0 fully saturated rings. The van der Waals surface area contributed by atoms with Crippen molar-refractivity contribution in [3.8, 4) is 0 Å². The number of hydrogen-bond acceptors (Lipinski definition) is 5. The molecule has 0 N–H and O–H groups in total. The van der Waals surface area contributed by atoms with Gasteiger partial charge in [-0.3, -0.25) is 9.59 Å². The molecule has 0 aromatic carbocycles. The van der Waals surface area contributed by atoms with Crippen LogP contribution in [0, 0.1) is 5.92 Å². The first kappa shape index (κ1) is 17.9. The van der Waals surface area contributed by atoms with E-state index in [0.29, 0.717) is 19.6 Å². The summed E-state index contributed by atoms with van der Waals surface area (Å²) in [5, 5.41) is 0. The summed E-state index contributed by atoms with van der Waals surface area (Å²) in [5.41, 5.74) is 0. The molecule has 5 heteroatoms. The fourth-order valence-electron chi connectivity index (χ4n) is 1.86. The van der Waals surface area contributed by atoms with Gasteiger partial charge in [-0.05, 0) is 39.9 Å². The molecule has 0 spiro atoms. The van der Waals surface area contributed by atoms with E-state index in [1.165, 1.54) is 0 Å². The summed E-state index contributed by atoms with van der Waals surface area (Å²) >= 11 is 0. The van der Waals surface area contributed by atoms with E-state index in [1.807, 2.05) is 0 Å². The van der Waals surface area contributed by atoms with Crippen LogP contribution < -0.4 is 0 Å². The van der Waals surface area contributed by atoms with Gasteiger partial charge >= 0.3 is 11.9 Å².